The number of nitrogens with zero attached hydrogens (tertiary/aromatic N) is 1. The molecule has 50 valence electrons. The summed E-state index contributed by atoms with van der Waals surface area (Å²) in [6.07, 6.45) is 0.913. The molecule has 0 unspecified atom stereocenters. The van der Waals surface area contributed by atoms with E-state index in [0.29, 0.717) is 0 Å². The molecule has 0 aromatic heterocycles. The van der Waals surface area contributed by atoms with E-state index in [4.69, 9.17) is 6.57 Å². The first-order chi connectivity index (χ1) is 3.95. The Labute approximate surface area is 53.2 Å². The van der Waals surface area contributed by atoms with E-state index in [2.05, 4.69) is 4.85 Å². The molecule has 0 heterocycles. The first-order valence-electron chi connectivity index (χ1n) is 2.04. The van der Waals surface area contributed by atoms with Crippen LogP contribution in [0.5, 0.6) is 0 Å². The van der Waals surface area contributed by atoms with Crippen LogP contribution in [0.4, 0.5) is 0 Å². The van der Waals surface area contributed by atoms with Crippen LogP contribution in [-0.4, -0.2) is 26.3 Å². The van der Waals surface area contributed by atoms with Crippen LogP contribution < -0.4 is 0 Å². The predicted octanol–water partition coefficient (Wildman–Crippen LogP) is -0.523. The minimum Gasteiger partial charge on any atom is -0.314 e. The summed E-state index contributed by atoms with van der Waals surface area (Å²) in [5.41, 5.74) is 0. The lowest BCUT2D eigenvalue weighted by Gasteiger charge is -1.85. The third-order valence-electron chi connectivity index (χ3n) is 0.510. The van der Waals surface area contributed by atoms with Crippen molar-refractivity contribution in [3.8, 4) is 0 Å². The molecule has 0 radical (unpaired) electrons. The lowest BCUT2D eigenvalue weighted by molar-refractivity contribution is -0.112. The van der Waals surface area contributed by atoms with Gasteiger partial charge in [0.2, 0.25) is 0 Å². The fraction of sp³-hybridized carbons (Fsp3) is 0.500. The summed E-state index contributed by atoms with van der Waals surface area (Å²) in [5, 5.41) is 0. The molecule has 0 atom stereocenters. The van der Waals surface area contributed by atoms with Crippen molar-refractivity contribution in [2.24, 2.45) is 0 Å². The Kier molecular flexibility index (Phi) is 2.34. The fourth-order valence-corrected chi connectivity index (χ4v) is 0.770. The number of hydrogen-bond donors (Lipinski definition) is 0. The Bertz CT molecular complexity index is 245. The lowest BCUT2D eigenvalue weighted by atomic mass is 10.8. The SMILES string of the molecule is [C-]#[N+]C(=O)CS(C)(=O)=O. The Morgan fingerprint density at radius 1 is 1.67 bits per heavy atom. The molecule has 0 bridgehead atoms. The van der Waals surface area contributed by atoms with Crippen molar-refractivity contribution in [1.82, 2.24) is 0 Å². The minimum absolute atomic E-state index is 0.670. The maximum absolute atomic E-state index is 10.2. The first-order valence-corrected chi connectivity index (χ1v) is 4.10. The molecule has 1 amide bonds. The van der Waals surface area contributed by atoms with Crippen molar-refractivity contribution in [3.63, 3.8) is 0 Å². The van der Waals surface area contributed by atoms with Crippen LogP contribution in [0.25, 0.3) is 4.85 Å². The smallest absolute Gasteiger partial charge is 0.314 e. The number of hydrogen-bond acceptors (Lipinski definition) is 3. The monoisotopic (exact) mass is 147 g/mol. The molecular formula is C4H5NO3S. The largest absolute Gasteiger partial charge is 0.370 e. The maximum Gasteiger partial charge on any atom is 0.370 e. The van der Waals surface area contributed by atoms with E-state index >= 15 is 0 Å². The Morgan fingerprint density at radius 2 is 2.11 bits per heavy atom. The van der Waals surface area contributed by atoms with Gasteiger partial charge in [0, 0.05) is 6.26 Å². The van der Waals surface area contributed by atoms with Gasteiger partial charge in [0.15, 0.2) is 0 Å². The molecule has 0 aliphatic carbocycles. The molecule has 0 rings (SSSR count). The zero-order valence-corrected chi connectivity index (χ0v) is 5.60. The molecule has 0 saturated carbocycles. The molecule has 0 saturated heterocycles. The minimum atomic E-state index is -3.30. The summed E-state index contributed by atoms with van der Waals surface area (Å²) in [4.78, 5) is 12.5. The van der Waals surface area contributed by atoms with Crippen LogP contribution in [0.15, 0.2) is 0 Å². The molecule has 0 aromatic rings. The van der Waals surface area contributed by atoms with Gasteiger partial charge in [0.1, 0.15) is 15.6 Å². The summed E-state index contributed by atoms with van der Waals surface area (Å²) >= 11 is 0. The van der Waals surface area contributed by atoms with E-state index in [9.17, 15) is 13.2 Å². The average Bonchev–Trinajstić information content (AvgIpc) is 1.62. The third-order valence-corrected chi connectivity index (χ3v) is 1.28. The van der Waals surface area contributed by atoms with Gasteiger partial charge >= 0.3 is 5.91 Å². The summed E-state index contributed by atoms with van der Waals surface area (Å²) in [5.74, 6) is -1.60. The summed E-state index contributed by atoms with van der Waals surface area (Å²) in [6.45, 7) is 6.10. The lowest BCUT2D eigenvalue weighted by Crippen LogP contribution is -2.10. The van der Waals surface area contributed by atoms with Gasteiger partial charge in [-0.2, -0.15) is 4.85 Å². The molecule has 0 fully saturated rings. The molecule has 0 spiro atoms. The van der Waals surface area contributed by atoms with Gasteiger partial charge in [0.25, 0.3) is 0 Å². The second-order valence-corrected chi connectivity index (χ2v) is 3.72. The first kappa shape index (κ1) is 8.11. The number of carbonyl (C=O) groups is 1. The van der Waals surface area contributed by atoms with Gasteiger partial charge in [-0.05, 0) is 0 Å². The quantitative estimate of drug-likeness (QED) is 0.494. The average molecular weight is 147 g/mol. The second kappa shape index (κ2) is 2.60. The van der Waals surface area contributed by atoms with Gasteiger partial charge < -0.3 is 4.79 Å². The summed E-state index contributed by atoms with van der Waals surface area (Å²) in [6, 6.07) is 0. The van der Waals surface area contributed by atoms with Gasteiger partial charge in [0.05, 0.1) is 6.57 Å². The zero-order chi connectivity index (χ0) is 7.49. The molecule has 4 nitrogen and oxygen atoms in total. The van der Waals surface area contributed by atoms with Crippen LogP contribution in [0.2, 0.25) is 0 Å². The predicted molar refractivity (Wildman–Crippen MR) is 31.3 cm³/mol. The van der Waals surface area contributed by atoms with Gasteiger partial charge in [-0.1, -0.05) is 0 Å². The highest BCUT2D eigenvalue weighted by atomic mass is 32.2. The topological polar surface area (TPSA) is 55.6 Å². The van der Waals surface area contributed by atoms with Crippen molar-refractivity contribution in [2.75, 3.05) is 12.0 Å². The molecule has 0 aromatic carbocycles. The van der Waals surface area contributed by atoms with E-state index < -0.39 is 21.5 Å². The van der Waals surface area contributed by atoms with E-state index in [-0.39, 0.29) is 0 Å². The standard InChI is InChI=1S/C4H5NO3S/c1-5-4(6)3-9(2,7)8/h3H2,2H3. The van der Waals surface area contributed by atoms with Gasteiger partial charge in [-0.25, -0.2) is 8.42 Å². The van der Waals surface area contributed by atoms with Crippen molar-refractivity contribution in [2.45, 2.75) is 0 Å². The van der Waals surface area contributed by atoms with E-state index in [1.807, 2.05) is 0 Å². The van der Waals surface area contributed by atoms with E-state index in [0.717, 1.165) is 6.26 Å². The highest BCUT2D eigenvalue weighted by Crippen LogP contribution is 1.83. The number of rotatable bonds is 2. The van der Waals surface area contributed by atoms with Gasteiger partial charge in [-0.3, -0.25) is 0 Å². The third kappa shape index (κ3) is 4.97. The number of sulfone groups is 1. The van der Waals surface area contributed by atoms with Crippen LogP contribution in [-0.2, 0) is 14.6 Å². The Hall–Kier alpha value is -0.890. The van der Waals surface area contributed by atoms with Crippen molar-refractivity contribution < 1.29 is 13.2 Å². The normalized spacial score (nSPS) is 10.2. The zero-order valence-electron chi connectivity index (χ0n) is 4.79. The highest BCUT2D eigenvalue weighted by Gasteiger charge is 2.08. The molecule has 0 N–H and O–H groups in total. The molecular weight excluding hydrogens is 142 g/mol. The van der Waals surface area contributed by atoms with Crippen LogP contribution in [0.3, 0.4) is 0 Å². The fourth-order valence-electron chi connectivity index (χ4n) is 0.257. The maximum atomic E-state index is 10.2. The summed E-state index contributed by atoms with van der Waals surface area (Å²) < 4.78 is 20.5. The Morgan fingerprint density at radius 3 is 2.22 bits per heavy atom. The number of amides is 1. The number of carbonyl (C=O) groups excluding carboxylic acids is 1. The second-order valence-electron chi connectivity index (χ2n) is 1.58. The van der Waals surface area contributed by atoms with Gasteiger partial charge in [-0.15, -0.1) is 0 Å². The van der Waals surface area contributed by atoms with Crippen molar-refractivity contribution in [3.05, 3.63) is 11.4 Å². The van der Waals surface area contributed by atoms with Crippen LogP contribution in [0.1, 0.15) is 0 Å². The molecule has 9 heavy (non-hydrogen) atoms. The molecule has 0 aliphatic rings. The van der Waals surface area contributed by atoms with Crippen molar-refractivity contribution >= 4 is 15.7 Å². The van der Waals surface area contributed by atoms with Crippen molar-refractivity contribution in [1.29, 1.82) is 0 Å². The molecule has 5 heteroatoms. The Balaban J connectivity index is 4.12. The van der Waals surface area contributed by atoms with E-state index in [1.165, 1.54) is 0 Å². The summed E-state index contributed by atoms with van der Waals surface area (Å²) in [7, 11) is -3.30. The van der Waals surface area contributed by atoms with E-state index in [1.54, 1.807) is 0 Å². The van der Waals surface area contributed by atoms with Crippen LogP contribution >= 0.6 is 0 Å². The van der Waals surface area contributed by atoms with Crippen LogP contribution in [0, 0.1) is 6.57 Å². The molecule has 0 aliphatic heterocycles. The highest BCUT2D eigenvalue weighted by molar-refractivity contribution is 7.91.